The van der Waals surface area contributed by atoms with Crippen LogP contribution in [-0.4, -0.2) is 18.9 Å². The van der Waals surface area contributed by atoms with Crippen LogP contribution in [0.25, 0.3) is 110 Å². The van der Waals surface area contributed by atoms with E-state index in [2.05, 4.69) is 142 Å². The van der Waals surface area contributed by atoms with Gasteiger partial charge in [0.25, 0.3) is 0 Å². The maximum Gasteiger partial charge on any atom is 0.235 e. The Morgan fingerprint density at radius 3 is 2.07 bits per heavy atom. The molecule has 1 aliphatic carbocycles. The van der Waals surface area contributed by atoms with Crippen LogP contribution in [0.3, 0.4) is 0 Å². The van der Waals surface area contributed by atoms with Crippen LogP contribution in [0.2, 0.25) is 0 Å². The first-order valence-corrected chi connectivity index (χ1v) is 15.8. The minimum Gasteiger partial charge on any atom is -0.307 e. The number of aromatic nitrogens is 4. The zero-order valence-electron chi connectivity index (χ0n) is 24.5. The molecule has 0 unspecified atom stereocenters. The number of rotatable bonds is 1. The largest absolute Gasteiger partial charge is 0.307 e. The minimum absolute atomic E-state index is 0.703. The highest BCUT2D eigenvalue weighted by molar-refractivity contribution is 6.37. The fraction of sp³-hybridized carbons (Fsp3) is 0. The number of benzene rings is 7. The minimum atomic E-state index is 0.703. The molecule has 0 amide bonds. The molecule has 4 heteroatoms. The molecule has 4 aromatic heterocycles. The smallest absolute Gasteiger partial charge is 0.235 e. The maximum absolute atomic E-state index is 5.39. The maximum atomic E-state index is 5.39. The number of fused-ring (bicyclic) bond motifs is 15. The van der Waals surface area contributed by atoms with Crippen molar-refractivity contribution in [3.63, 3.8) is 0 Å². The molecule has 0 saturated heterocycles. The number of para-hydroxylation sites is 2. The van der Waals surface area contributed by atoms with Crippen molar-refractivity contribution >= 4 is 81.6 Å². The summed E-state index contributed by atoms with van der Waals surface area (Å²) < 4.78 is 4.81. The van der Waals surface area contributed by atoms with E-state index in [9.17, 15) is 0 Å². The Labute approximate surface area is 261 Å². The molecule has 0 spiro atoms. The van der Waals surface area contributed by atoms with Crippen molar-refractivity contribution < 1.29 is 0 Å². The predicted octanol–water partition coefficient (Wildman–Crippen LogP) is 10.7. The molecule has 7 aromatic carbocycles. The van der Waals surface area contributed by atoms with Gasteiger partial charge in [0.05, 0.1) is 38.8 Å². The van der Waals surface area contributed by atoms with Gasteiger partial charge in [-0.3, -0.25) is 4.57 Å². The Balaban J connectivity index is 1.33. The van der Waals surface area contributed by atoms with Crippen LogP contribution < -0.4 is 0 Å². The Bertz CT molecular complexity index is 3140. The van der Waals surface area contributed by atoms with Gasteiger partial charge in [0, 0.05) is 48.7 Å². The lowest BCUT2D eigenvalue weighted by Gasteiger charge is -2.10. The summed E-state index contributed by atoms with van der Waals surface area (Å²) in [5.41, 5.74) is 11.6. The number of hydrogen-bond donors (Lipinski definition) is 0. The van der Waals surface area contributed by atoms with Crippen LogP contribution in [0.15, 0.2) is 133 Å². The fourth-order valence-electron chi connectivity index (χ4n) is 8.59. The summed E-state index contributed by atoms with van der Waals surface area (Å²) in [6, 6.07) is 48.4. The van der Waals surface area contributed by atoms with Gasteiger partial charge < -0.3 is 4.40 Å². The third-order valence-corrected chi connectivity index (χ3v) is 10.4. The Hall–Kier alpha value is -6.26. The molecule has 210 valence electrons. The first-order chi connectivity index (χ1) is 22.8. The van der Waals surface area contributed by atoms with E-state index in [1.807, 2.05) is 0 Å². The van der Waals surface area contributed by atoms with Gasteiger partial charge in [0.15, 0.2) is 0 Å². The molecule has 0 atom stereocenters. The van der Waals surface area contributed by atoms with Crippen molar-refractivity contribution in [1.29, 1.82) is 0 Å². The SMILES string of the molecule is c1ccc2c(c1)-c1cccc3nc(-n4c5ccccc5c5c6c7ccc8ccccc8c7n7c8ccccc8c(cc54)c67)nc-2c13. The lowest BCUT2D eigenvalue weighted by Crippen LogP contribution is -2.02. The van der Waals surface area contributed by atoms with Gasteiger partial charge in [0.2, 0.25) is 5.95 Å². The molecule has 0 radical (unpaired) electrons. The average molecular weight is 583 g/mol. The van der Waals surface area contributed by atoms with E-state index in [0.717, 1.165) is 27.6 Å². The molecular weight excluding hydrogens is 560 g/mol. The van der Waals surface area contributed by atoms with Gasteiger partial charge in [-0.05, 0) is 40.8 Å². The van der Waals surface area contributed by atoms with Gasteiger partial charge in [-0.1, -0.05) is 109 Å². The number of nitrogens with zero attached hydrogens (tertiary/aromatic N) is 4. The monoisotopic (exact) mass is 582 g/mol. The highest BCUT2D eigenvalue weighted by Crippen LogP contribution is 2.49. The summed E-state index contributed by atoms with van der Waals surface area (Å²) >= 11 is 0. The van der Waals surface area contributed by atoms with E-state index in [4.69, 9.17) is 9.97 Å². The Morgan fingerprint density at radius 1 is 0.413 bits per heavy atom. The lowest BCUT2D eigenvalue weighted by molar-refractivity contribution is 1.02. The van der Waals surface area contributed by atoms with Crippen molar-refractivity contribution in [2.75, 3.05) is 0 Å². The summed E-state index contributed by atoms with van der Waals surface area (Å²) in [7, 11) is 0. The first-order valence-electron chi connectivity index (χ1n) is 15.8. The van der Waals surface area contributed by atoms with Crippen molar-refractivity contribution in [3.05, 3.63) is 133 Å². The summed E-state index contributed by atoms with van der Waals surface area (Å²) in [6.45, 7) is 0. The molecule has 11 aromatic rings. The van der Waals surface area contributed by atoms with Crippen LogP contribution in [0, 0.1) is 0 Å². The number of hydrogen-bond acceptors (Lipinski definition) is 2. The predicted molar refractivity (Wildman–Crippen MR) is 190 cm³/mol. The highest BCUT2D eigenvalue weighted by Gasteiger charge is 2.28. The van der Waals surface area contributed by atoms with E-state index in [1.54, 1.807) is 0 Å². The van der Waals surface area contributed by atoms with Gasteiger partial charge in [-0.15, -0.1) is 0 Å². The molecule has 0 saturated carbocycles. The normalized spacial score (nSPS) is 12.8. The second-order valence-electron chi connectivity index (χ2n) is 12.5. The van der Waals surface area contributed by atoms with E-state index >= 15 is 0 Å². The van der Waals surface area contributed by atoms with E-state index in [-0.39, 0.29) is 0 Å². The van der Waals surface area contributed by atoms with Crippen LogP contribution in [0.4, 0.5) is 0 Å². The lowest BCUT2D eigenvalue weighted by atomic mass is 10.0. The molecular formula is C42H22N4. The van der Waals surface area contributed by atoms with Gasteiger partial charge in [-0.2, -0.15) is 0 Å². The summed E-state index contributed by atoms with van der Waals surface area (Å²) in [6.07, 6.45) is 0. The average Bonchev–Trinajstić information content (AvgIpc) is 3.83. The molecule has 0 fully saturated rings. The van der Waals surface area contributed by atoms with Gasteiger partial charge >= 0.3 is 0 Å². The van der Waals surface area contributed by atoms with E-state index in [0.29, 0.717) is 5.95 Å². The third-order valence-electron chi connectivity index (χ3n) is 10.4. The topological polar surface area (TPSA) is 35.1 Å². The van der Waals surface area contributed by atoms with Gasteiger partial charge in [0.1, 0.15) is 0 Å². The molecule has 12 rings (SSSR count). The van der Waals surface area contributed by atoms with Crippen LogP contribution in [-0.2, 0) is 0 Å². The van der Waals surface area contributed by atoms with E-state index in [1.165, 1.54) is 76.3 Å². The van der Waals surface area contributed by atoms with Crippen molar-refractivity contribution in [1.82, 2.24) is 18.9 Å². The van der Waals surface area contributed by atoms with Crippen molar-refractivity contribution in [3.8, 4) is 28.3 Å². The molecule has 4 nitrogen and oxygen atoms in total. The van der Waals surface area contributed by atoms with Crippen LogP contribution in [0.1, 0.15) is 0 Å². The van der Waals surface area contributed by atoms with Crippen molar-refractivity contribution in [2.24, 2.45) is 0 Å². The second kappa shape index (κ2) is 7.87. The van der Waals surface area contributed by atoms with Crippen LogP contribution in [0.5, 0.6) is 0 Å². The summed E-state index contributed by atoms with van der Waals surface area (Å²) in [5.74, 6) is 0.703. The first kappa shape index (κ1) is 23.2. The summed E-state index contributed by atoms with van der Waals surface area (Å²) in [4.78, 5) is 10.7. The molecule has 0 aliphatic heterocycles. The highest BCUT2D eigenvalue weighted by atomic mass is 15.2. The molecule has 0 N–H and O–H groups in total. The molecule has 1 aliphatic rings. The molecule has 46 heavy (non-hydrogen) atoms. The fourth-order valence-corrected chi connectivity index (χ4v) is 8.59. The quantitative estimate of drug-likeness (QED) is 0.193. The second-order valence-corrected chi connectivity index (χ2v) is 12.5. The van der Waals surface area contributed by atoms with Crippen molar-refractivity contribution in [2.45, 2.75) is 0 Å². The van der Waals surface area contributed by atoms with Crippen LogP contribution >= 0.6 is 0 Å². The zero-order chi connectivity index (χ0) is 29.7. The summed E-state index contributed by atoms with van der Waals surface area (Å²) in [5, 5.41) is 11.2. The van der Waals surface area contributed by atoms with E-state index < -0.39 is 0 Å². The zero-order valence-corrected chi connectivity index (χ0v) is 24.5. The Kier molecular flexibility index (Phi) is 3.96. The molecule has 0 bridgehead atoms. The third kappa shape index (κ3) is 2.57. The van der Waals surface area contributed by atoms with Gasteiger partial charge in [-0.25, -0.2) is 9.97 Å². The molecule has 4 heterocycles. The standard InChI is InChI=1S/C42H22N4/c1-2-11-24-23(10-1)20-21-30-38-37-29-15-6-8-19-34(29)45(35(37)22-31-26-13-5-7-18-33(26)46(40(24)30)41(31)38)42-43-32-17-9-16-27-25-12-3-4-14-28(25)39(44-42)36(27)32/h1-22H. The Morgan fingerprint density at radius 2 is 1.15 bits per heavy atom.